The van der Waals surface area contributed by atoms with E-state index in [-0.39, 0.29) is 6.61 Å². The standard InChI is InChI=1S/C30H33BrN4O3/c1-19-14-25(31)15-20(2)27(19)35-16-21(3)26-28(32-22(4)33-29(26)35)34-12-10-24(11-13-34)18-38-30(36)37-17-23-8-6-5-7-9-23/h5-9,14-16,24H,10-13,17-18H2,1-4H3. The zero-order valence-corrected chi connectivity index (χ0v) is 23.9. The number of ether oxygens (including phenoxy) is 2. The summed E-state index contributed by atoms with van der Waals surface area (Å²) in [5.41, 5.74) is 6.57. The molecule has 2 aromatic heterocycles. The Hall–Kier alpha value is -3.39. The maximum atomic E-state index is 12.1. The fourth-order valence-corrected chi connectivity index (χ4v) is 6.01. The molecule has 1 saturated heterocycles. The lowest BCUT2D eigenvalue weighted by atomic mass is 9.97. The highest BCUT2D eigenvalue weighted by atomic mass is 79.9. The second-order valence-electron chi connectivity index (χ2n) is 10.1. The molecule has 1 fully saturated rings. The van der Waals surface area contributed by atoms with E-state index in [1.807, 2.05) is 37.3 Å². The Morgan fingerprint density at radius 2 is 1.66 bits per heavy atom. The van der Waals surface area contributed by atoms with Crippen LogP contribution >= 0.6 is 15.9 Å². The highest BCUT2D eigenvalue weighted by Gasteiger charge is 2.26. The van der Waals surface area contributed by atoms with E-state index in [0.29, 0.717) is 12.5 Å². The molecule has 7 nitrogen and oxygen atoms in total. The average Bonchev–Trinajstić information content (AvgIpc) is 3.21. The Balaban J connectivity index is 1.28. The molecule has 0 bridgehead atoms. The van der Waals surface area contributed by atoms with Crippen molar-refractivity contribution in [1.29, 1.82) is 0 Å². The predicted octanol–water partition coefficient (Wildman–Crippen LogP) is 6.99. The molecule has 4 aromatic rings. The number of benzene rings is 2. The normalized spacial score (nSPS) is 14.2. The molecule has 38 heavy (non-hydrogen) atoms. The molecule has 0 aliphatic carbocycles. The third-order valence-corrected chi connectivity index (χ3v) is 7.63. The lowest BCUT2D eigenvalue weighted by Crippen LogP contribution is -2.36. The fraction of sp³-hybridized carbons (Fsp3) is 0.367. The number of piperidine rings is 1. The number of anilines is 1. The van der Waals surface area contributed by atoms with Gasteiger partial charge in [-0.3, -0.25) is 0 Å². The summed E-state index contributed by atoms with van der Waals surface area (Å²) in [6.45, 7) is 10.6. The maximum absolute atomic E-state index is 12.1. The largest absolute Gasteiger partial charge is 0.508 e. The summed E-state index contributed by atoms with van der Waals surface area (Å²) in [6, 6.07) is 13.9. The van der Waals surface area contributed by atoms with Crippen molar-refractivity contribution in [3.63, 3.8) is 0 Å². The average molecular weight is 578 g/mol. The number of hydrogen-bond donors (Lipinski definition) is 0. The second kappa shape index (κ2) is 11.2. The Morgan fingerprint density at radius 3 is 2.34 bits per heavy atom. The van der Waals surface area contributed by atoms with Gasteiger partial charge in [0.2, 0.25) is 0 Å². The van der Waals surface area contributed by atoms with E-state index in [9.17, 15) is 4.79 Å². The lowest BCUT2D eigenvalue weighted by molar-refractivity contribution is 0.0366. The van der Waals surface area contributed by atoms with E-state index in [4.69, 9.17) is 19.4 Å². The molecule has 0 N–H and O–H groups in total. The zero-order chi connectivity index (χ0) is 26.8. The van der Waals surface area contributed by atoms with Crippen LogP contribution in [0.3, 0.4) is 0 Å². The van der Waals surface area contributed by atoms with Gasteiger partial charge < -0.3 is 18.9 Å². The third kappa shape index (κ3) is 5.55. The summed E-state index contributed by atoms with van der Waals surface area (Å²) >= 11 is 3.61. The molecule has 3 heterocycles. The van der Waals surface area contributed by atoms with Crippen LogP contribution in [0.1, 0.15) is 40.9 Å². The van der Waals surface area contributed by atoms with Crippen molar-refractivity contribution < 1.29 is 14.3 Å². The Bertz CT molecular complexity index is 1440. The molecular weight excluding hydrogens is 544 g/mol. The van der Waals surface area contributed by atoms with Crippen LogP contribution in [-0.2, 0) is 16.1 Å². The van der Waals surface area contributed by atoms with E-state index in [0.717, 1.165) is 69.9 Å². The number of nitrogens with zero attached hydrogens (tertiary/aromatic N) is 4. The van der Waals surface area contributed by atoms with Crippen LogP contribution in [0.4, 0.5) is 10.6 Å². The van der Waals surface area contributed by atoms with Crippen molar-refractivity contribution in [2.24, 2.45) is 5.92 Å². The van der Waals surface area contributed by atoms with Gasteiger partial charge >= 0.3 is 6.16 Å². The van der Waals surface area contributed by atoms with Gasteiger partial charge in [-0.15, -0.1) is 0 Å². The van der Waals surface area contributed by atoms with Crippen LogP contribution < -0.4 is 4.90 Å². The quantitative estimate of drug-likeness (QED) is 0.230. The molecule has 0 amide bonds. The molecule has 8 heteroatoms. The van der Waals surface area contributed by atoms with Crippen LogP contribution in [-0.4, -0.2) is 40.4 Å². The Morgan fingerprint density at radius 1 is 0.974 bits per heavy atom. The molecule has 198 valence electrons. The lowest BCUT2D eigenvalue weighted by Gasteiger charge is -2.33. The monoisotopic (exact) mass is 576 g/mol. The number of hydrogen-bond acceptors (Lipinski definition) is 6. The molecule has 0 spiro atoms. The zero-order valence-electron chi connectivity index (χ0n) is 22.3. The molecule has 1 aliphatic rings. The molecule has 5 rings (SSSR count). The van der Waals surface area contributed by atoms with Crippen LogP contribution in [0.15, 0.2) is 53.1 Å². The number of carbonyl (C=O) groups excluding carboxylic acids is 1. The summed E-state index contributed by atoms with van der Waals surface area (Å²) in [6.07, 6.45) is 3.40. The Kier molecular flexibility index (Phi) is 7.70. The van der Waals surface area contributed by atoms with Crippen molar-refractivity contribution >= 4 is 38.9 Å². The summed E-state index contributed by atoms with van der Waals surface area (Å²) in [5.74, 6) is 2.04. The number of fused-ring (bicyclic) bond motifs is 1. The summed E-state index contributed by atoms with van der Waals surface area (Å²) in [4.78, 5) is 24.2. The van der Waals surface area contributed by atoms with Crippen molar-refractivity contribution in [2.75, 3.05) is 24.6 Å². The number of aryl methyl sites for hydroxylation is 4. The first-order chi connectivity index (χ1) is 18.3. The highest BCUT2D eigenvalue weighted by Crippen LogP contribution is 2.35. The van der Waals surface area contributed by atoms with Gasteiger partial charge in [-0.25, -0.2) is 14.8 Å². The number of rotatable bonds is 6. The third-order valence-electron chi connectivity index (χ3n) is 7.18. The topological polar surface area (TPSA) is 69.5 Å². The fourth-order valence-electron chi connectivity index (χ4n) is 5.33. The molecular formula is C30H33BrN4O3. The smallest absolute Gasteiger partial charge is 0.434 e. The number of halogens is 1. The SMILES string of the molecule is Cc1nc(N2CCC(COC(=O)OCc3ccccc3)CC2)c2c(C)cn(-c3c(C)cc(Br)cc3C)c2n1. The van der Waals surface area contributed by atoms with Crippen LogP contribution in [0.2, 0.25) is 0 Å². The van der Waals surface area contributed by atoms with Gasteiger partial charge in [0.1, 0.15) is 18.2 Å². The first kappa shape index (κ1) is 26.2. The highest BCUT2D eigenvalue weighted by molar-refractivity contribution is 9.10. The minimum Gasteiger partial charge on any atom is -0.434 e. The van der Waals surface area contributed by atoms with Crippen LogP contribution in [0.5, 0.6) is 0 Å². The van der Waals surface area contributed by atoms with Gasteiger partial charge in [0.25, 0.3) is 0 Å². The van der Waals surface area contributed by atoms with Crippen molar-refractivity contribution in [1.82, 2.24) is 14.5 Å². The molecule has 0 atom stereocenters. The first-order valence-corrected chi connectivity index (χ1v) is 13.8. The van der Waals surface area contributed by atoms with E-state index in [1.54, 1.807) is 0 Å². The van der Waals surface area contributed by atoms with Gasteiger partial charge in [0.15, 0.2) is 5.65 Å². The number of carbonyl (C=O) groups is 1. The summed E-state index contributed by atoms with van der Waals surface area (Å²) in [5, 5.41) is 1.09. The molecule has 0 radical (unpaired) electrons. The van der Waals surface area contributed by atoms with Crippen molar-refractivity contribution in [2.45, 2.75) is 47.1 Å². The van der Waals surface area contributed by atoms with Gasteiger partial charge in [-0.05, 0) is 80.8 Å². The maximum Gasteiger partial charge on any atom is 0.508 e. The molecule has 0 unspecified atom stereocenters. The van der Waals surface area contributed by atoms with Gasteiger partial charge in [-0.2, -0.15) is 0 Å². The van der Waals surface area contributed by atoms with Gasteiger partial charge in [-0.1, -0.05) is 46.3 Å². The van der Waals surface area contributed by atoms with Crippen molar-refractivity contribution in [3.05, 3.63) is 81.2 Å². The van der Waals surface area contributed by atoms with E-state index in [2.05, 4.69) is 64.5 Å². The molecule has 1 aliphatic heterocycles. The van der Waals surface area contributed by atoms with Crippen molar-refractivity contribution in [3.8, 4) is 5.69 Å². The molecule has 2 aromatic carbocycles. The minimum atomic E-state index is -0.611. The van der Waals surface area contributed by atoms with Crippen LogP contribution in [0.25, 0.3) is 16.7 Å². The van der Waals surface area contributed by atoms with E-state index >= 15 is 0 Å². The van der Waals surface area contributed by atoms with Gasteiger partial charge in [0.05, 0.1) is 17.7 Å². The van der Waals surface area contributed by atoms with E-state index in [1.165, 1.54) is 11.1 Å². The minimum absolute atomic E-state index is 0.222. The predicted molar refractivity (Wildman–Crippen MR) is 153 cm³/mol. The van der Waals surface area contributed by atoms with Crippen LogP contribution in [0, 0.1) is 33.6 Å². The summed E-state index contributed by atoms with van der Waals surface area (Å²) < 4.78 is 14.0. The molecule has 0 saturated carbocycles. The Labute approximate surface area is 231 Å². The summed E-state index contributed by atoms with van der Waals surface area (Å²) in [7, 11) is 0. The second-order valence-corrected chi connectivity index (χ2v) is 11.0. The number of aromatic nitrogens is 3. The van der Waals surface area contributed by atoms with E-state index < -0.39 is 6.16 Å². The van der Waals surface area contributed by atoms with Gasteiger partial charge in [0, 0.05) is 23.8 Å². The first-order valence-electron chi connectivity index (χ1n) is 13.0.